The maximum atomic E-state index is 12.2. The lowest BCUT2D eigenvalue weighted by molar-refractivity contribution is -0.112. The monoisotopic (exact) mass is 365 g/mol. The van der Waals surface area contributed by atoms with Crippen molar-refractivity contribution in [3.8, 4) is 11.8 Å². The molecule has 0 aliphatic carbocycles. The predicted octanol–water partition coefficient (Wildman–Crippen LogP) is 3.09. The number of anilines is 1. The van der Waals surface area contributed by atoms with E-state index >= 15 is 0 Å². The van der Waals surface area contributed by atoms with Gasteiger partial charge in [0.05, 0.1) is 12.7 Å². The van der Waals surface area contributed by atoms with Crippen LogP contribution in [-0.2, 0) is 4.79 Å². The molecule has 1 atom stereocenters. The number of hydrogen-bond donors (Lipinski definition) is 3. The van der Waals surface area contributed by atoms with E-state index < -0.39 is 11.9 Å². The number of aromatic carboxylic acids is 1. The van der Waals surface area contributed by atoms with Crippen LogP contribution in [0.3, 0.4) is 0 Å². The fourth-order valence-electron chi connectivity index (χ4n) is 2.24. The van der Waals surface area contributed by atoms with Crippen molar-refractivity contribution in [3.05, 3.63) is 71.4 Å². The summed E-state index contributed by atoms with van der Waals surface area (Å²) in [6.45, 7) is 1.90. The average Bonchev–Trinajstić information content (AvgIpc) is 2.68. The van der Waals surface area contributed by atoms with Crippen LogP contribution in [-0.4, -0.2) is 24.1 Å². The summed E-state index contributed by atoms with van der Waals surface area (Å²) in [6, 6.07) is 14.8. The number of nitrogens with one attached hydrogen (secondary N) is 2. The van der Waals surface area contributed by atoms with E-state index in [1.165, 1.54) is 30.5 Å². The van der Waals surface area contributed by atoms with Crippen LogP contribution in [0.15, 0.2) is 60.3 Å². The maximum absolute atomic E-state index is 12.2. The summed E-state index contributed by atoms with van der Waals surface area (Å²) in [5, 5.41) is 23.7. The molecular weight excluding hydrogens is 346 g/mol. The highest BCUT2D eigenvalue weighted by Gasteiger charge is 2.11. The van der Waals surface area contributed by atoms with Crippen molar-refractivity contribution in [2.45, 2.75) is 13.0 Å². The molecular formula is C20H19N3O4. The predicted molar refractivity (Wildman–Crippen MR) is 100 cm³/mol. The van der Waals surface area contributed by atoms with Gasteiger partial charge in [0.1, 0.15) is 17.4 Å². The molecule has 1 unspecified atom stereocenters. The topological polar surface area (TPSA) is 111 Å². The van der Waals surface area contributed by atoms with Gasteiger partial charge in [0.25, 0.3) is 5.91 Å². The van der Waals surface area contributed by atoms with E-state index in [2.05, 4.69) is 10.6 Å². The van der Waals surface area contributed by atoms with Crippen LogP contribution in [0, 0.1) is 11.3 Å². The zero-order chi connectivity index (χ0) is 19.8. The first-order valence-corrected chi connectivity index (χ1v) is 8.09. The van der Waals surface area contributed by atoms with E-state index in [0.717, 1.165) is 11.3 Å². The molecule has 3 N–H and O–H groups in total. The third-order valence-corrected chi connectivity index (χ3v) is 3.85. The number of carbonyl (C=O) groups is 2. The van der Waals surface area contributed by atoms with Gasteiger partial charge in [-0.3, -0.25) is 4.79 Å². The quantitative estimate of drug-likeness (QED) is 0.513. The van der Waals surface area contributed by atoms with E-state index in [0.29, 0.717) is 5.69 Å². The smallest absolute Gasteiger partial charge is 0.335 e. The first-order valence-electron chi connectivity index (χ1n) is 8.09. The average molecular weight is 365 g/mol. The van der Waals surface area contributed by atoms with Gasteiger partial charge in [-0.1, -0.05) is 12.1 Å². The van der Waals surface area contributed by atoms with Gasteiger partial charge in [-0.15, -0.1) is 0 Å². The summed E-state index contributed by atoms with van der Waals surface area (Å²) in [7, 11) is 1.59. The van der Waals surface area contributed by atoms with Gasteiger partial charge in [-0.05, 0) is 48.9 Å². The highest BCUT2D eigenvalue weighted by atomic mass is 16.5. The molecule has 0 saturated carbocycles. The minimum absolute atomic E-state index is 0.0994. The molecule has 138 valence electrons. The first-order chi connectivity index (χ1) is 12.9. The molecule has 7 nitrogen and oxygen atoms in total. The number of nitrogens with zero attached hydrogens (tertiary/aromatic N) is 1. The van der Waals surface area contributed by atoms with Crippen LogP contribution in [0.2, 0.25) is 0 Å². The van der Waals surface area contributed by atoms with Gasteiger partial charge < -0.3 is 20.5 Å². The number of carboxylic acid groups (broad SMARTS) is 1. The SMILES string of the molecule is COc1ccc(C(C)N/C=C(/C#N)C(=O)Nc2ccc(C(=O)O)cc2)cc1. The highest BCUT2D eigenvalue weighted by Crippen LogP contribution is 2.17. The third-order valence-electron chi connectivity index (χ3n) is 3.85. The number of carboxylic acids is 1. The van der Waals surface area contributed by atoms with Gasteiger partial charge >= 0.3 is 5.97 Å². The molecule has 1 amide bonds. The number of hydrogen-bond acceptors (Lipinski definition) is 5. The zero-order valence-corrected chi connectivity index (χ0v) is 14.9. The van der Waals surface area contributed by atoms with Gasteiger partial charge in [-0.2, -0.15) is 5.26 Å². The van der Waals surface area contributed by atoms with Crippen LogP contribution in [0.1, 0.15) is 28.9 Å². The number of ether oxygens (including phenoxy) is 1. The van der Waals surface area contributed by atoms with Gasteiger partial charge in [-0.25, -0.2) is 4.79 Å². The summed E-state index contributed by atoms with van der Waals surface area (Å²) in [5.41, 5.74) is 1.38. The van der Waals surface area contributed by atoms with Crippen molar-refractivity contribution in [1.82, 2.24) is 5.32 Å². The van der Waals surface area contributed by atoms with Crippen molar-refractivity contribution in [1.29, 1.82) is 5.26 Å². The summed E-state index contributed by atoms with van der Waals surface area (Å²) < 4.78 is 5.11. The first kappa shape index (κ1) is 19.5. The number of rotatable bonds is 7. The normalized spacial score (nSPS) is 11.8. The van der Waals surface area contributed by atoms with Crippen LogP contribution >= 0.6 is 0 Å². The standard InChI is InChI=1S/C20H19N3O4/c1-13(14-5-9-18(27-2)10-6-14)22-12-16(11-21)19(24)23-17-7-3-15(4-8-17)20(25)26/h3-10,12-13,22H,1-2H3,(H,23,24)(H,25,26)/b16-12-. The molecule has 7 heteroatoms. The molecule has 0 radical (unpaired) electrons. The lowest BCUT2D eigenvalue weighted by Crippen LogP contribution is -2.18. The molecule has 0 aromatic heterocycles. The highest BCUT2D eigenvalue weighted by molar-refractivity contribution is 6.06. The number of methoxy groups -OCH3 is 1. The Morgan fingerprint density at radius 3 is 2.30 bits per heavy atom. The zero-order valence-electron chi connectivity index (χ0n) is 14.9. The van der Waals surface area contributed by atoms with Crippen molar-refractivity contribution >= 4 is 17.6 Å². The van der Waals surface area contributed by atoms with E-state index in [9.17, 15) is 14.9 Å². The second kappa shape index (κ2) is 9.06. The Morgan fingerprint density at radius 2 is 1.78 bits per heavy atom. The number of amides is 1. The molecule has 27 heavy (non-hydrogen) atoms. The minimum Gasteiger partial charge on any atom is -0.497 e. The Morgan fingerprint density at radius 1 is 1.15 bits per heavy atom. The fourth-order valence-corrected chi connectivity index (χ4v) is 2.24. The molecule has 0 spiro atoms. The molecule has 2 rings (SSSR count). The van der Waals surface area contributed by atoms with Crippen molar-refractivity contribution < 1.29 is 19.4 Å². The molecule has 0 aliphatic heterocycles. The van der Waals surface area contributed by atoms with Crippen molar-refractivity contribution in [3.63, 3.8) is 0 Å². The van der Waals surface area contributed by atoms with Crippen LogP contribution < -0.4 is 15.4 Å². The summed E-state index contributed by atoms with van der Waals surface area (Å²) in [6.07, 6.45) is 1.36. The molecule has 0 bridgehead atoms. The largest absolute Gasteiger partial charge is 0.497 e. The third kappa shape index (κ3) is 5.34. The second-order valence-electron chi connectivity index (χ2n) is 5.67. The second-order valence-corrected chi connectivity index (χ2v) is 5.67. The number of carbonyl (C=O) groups excluding carboxylic acids is 1. The van der Waals surface area contributed by atoms with Gasteiger partial charge in [0.2, 0.25) is 0 Å². The van der Waals surface area contributed by atoms with E-state index in [1.807, 2.05) is 37.3 Å². The number of benzene rings is 2. The number of nitriles is 1. The van der Waals surface area contributed by atoms with Crippen molar-refractivity contribution in [2.24, 2.45) is 0 Å². The van der Waals surface area contributed by atoms with E-state index in [-0.39, 0.29) is 17.2 Å². The van der Waals surface area contributed by atoms with Crippen LogP contribution in [0.5, 0.6) is 5.75 Å². The molecule has 0 fully saturated rings. The lowest BCUT2D eigenvalue weighted by atomic mass is 10.1. The Bertz CT molecular complexity index is 881. The fraction of sp³-hybridized carbons (Fsp3) is 0.150. The molecule has 0 heterocycles. The Kier molecular flexibility index (Phi) is 6.55. The maximum Gasteiger partial charge on any atom is 0.335 e. The summed E-state index contributed by atoms with van der Waals surface area (Å²) in [4.78, 5) is 23.1. The Balaban J connectivity index is 2.02. The summed E-state index contributed by atoms with van der Waals surface area (Å²) >= 11 is 0. The lowest BCUT2D eigenvalue weighted by Gasteiger charge is -2.13. The van der Waals surface area contributed by atoms with E-state index in [1.54, 1.807) is 7.11 Å². The molecule has 2 aromatic carbocycles. The van der Waals surface area contributed by atoms with Crippen molar-refractivity contribution in [2.75, 3.05) is 12.4 Å². The van der Waals surface area contributed by atoms with Gasteiger partial charge in [0, 0.05) is 17.9 Å². The molecule has 0 saturated heterocycles. The Hall–Kier alpha value is -3.79. The van der Waals surface area contributed by atoms with E-state index in [4.69, 9.17) is 9.84 Å². The molecule has 2 aromatic rings. The van der Waals surface area contributed by atoms with Gasteiger partial charge in [0.15, 0.2) is 0 Å². The van der Waals surface area contributed by atoms with Crippen LogP contribution in [0.25, 0.3) is 0 Å². The summed E-state index contributed by atoms with van der Waals surface area (Å²) in [5.74, 6) is -0.898. The minimum atomic E-state index is -1.05. The Labute approximate surface area is 156 Å². The molecule has 0 aliphatic rings. The van der Waals surface area contributed by atoms with Crippen LogP contribution in [0.4, 0.5) is 5.69 Å².